The van der Waals surface area contributed by atoms with E-state index in [4.69, 9.17) is 0 Å². The lowest BCUT2D eigenvalue weighted by Gasteiger charge is -2.17. The van der Waals surface area contributed by atoms with Crippen molar-refractivity contribution in [2.75, 3.05) is 11.9 Å². The van der Waals surface area contributed by atoms with Crippen LogP contribution >= 0.6 is 11.8 Å². The topological polar surface area (TPSA) is 66.5 Å². The summed E-state index contributed by atoms with van der Waals surface area (Å²) in [4.78, 5) is 16.3. The van der Waals surface area contributed by atoms with Gasteiger partial charge >= 0.3 is 0 Å². The van der Waals surface area contributed by atoms with E-state index in [1.165, 1.54) is 0 Å². The minimum Gasteiger partial charge on any atom is -0.354 e. The number of rotatable bonds is 4. The molecule has 0 amide bonds. The number of anilines is 1. The Morgan fingerprint density at radius 2 is 2.11 bits per heavy atom. The summed E-state index contributed by atoms with van der Waals surface area (Å²) in [7, 11) is 0. The van der Waals surface area contributed by atoms with Crippen molar-refractivity contribution < 1.29 is 0 Å². The molecule has 0 saturated carbocycles. The number of hydrogen-bond acceptors (Lipinski definition) is 5. The van der Waals surface area contributed by atoms with Gasteiger partial charge in [0.15, 0.2) is 5.65 Å². The quantitative estimate of drug-likeness (QED) is 0.657. The van der Waals surface area contributed by atoms with Gasteiger partial charge in [-0.15, -0.1) is 0 Å². The molecule has 0 aliphatic heterocycles. The molecule has 0 bridgehead atoms. The van der Waals surface area contributed by atoms with Gasteiger partial charge in [-0.3, -0.25) is 0 Å². The first-order valence-corrected chi connectivity index (χ1v) is 6.95. The Balaban J connectivity index is 2.38. The monoisotopic (exact) mass is 265 g/mol. The highest BCUT2D eigenvalue weighted by atomic mass is 32.2. The maximum Gasteiger partial charge on any atom is 0.225 e. The van der Waals surface area contributed by atoms with Crippen LogP contribution in [0, 0.1) is 0 Å². The van der Waals surface area contributed by atoms with Gasteiger partial charge in [-0.2, -0.15) is 4.98 Å². The van der Waals surface area contributed by atoms with Gasteiger partial charge in [-0.1, -0.05) is 39.5 Å². The molecule has 98 valence electrons. The van der Waals surface area contributed by atoms with E-state index in [0.29, 0.717) is 5.95 Å². The van der Waals surface area contributed by atoms with Crippen LogP contribution in [-0.4, -0.2) is 31.2 Å². The predicted molar refractivity (Wildman–Crippen MR) is 76.1 cm³/mol. The SMILES string of the molecule is CCCNc1nc(SC(C)(C)C)c2[nH]cnc2n1. The minimum atomic E-state index is 0.106. The third kappa shape index (κ3) is 3.13. The molecule has 0 fully saturated rings. The Hall–Kier alpha value is -1.30. The second-order valence-electron chi connectivity index (χ2n) is 5.09. The van der Waals surface area contributed by atoms with Crippen molar-refractivity contribution in [3.8, 4) is 0 Å². The molecule has 2 heterocycles. The minimum absolute atomic E-state index is 0.106. The summed E-state index contributed by atoms with van der Waals surface area (Å²) in [6.07, 6.45) is 2.71. The number of thioether (sulfide) groups is 1. The molecule has 2 aromatic rings. The Morgan fingerprint density at radius 3 is 2.78 bits per heavy atom. The molecular formula is C12H19N5S. The van der Waals surface area contributed by atoms with Gasteiger partial charge in [0.05, 0.1) is 6.33 Å². The lowest BCUT2D eigenvalue weighted by atomic mass is 10.3. The van der Waals surface area contributed by atoms with Crippen LogP contribution in [0.1, 0.15) is 34.1 Å². The van der Waals surface area contributed by atoms with Crippen LogP contribution in [0.25, 0.3) is 11.2 Å². The second-order valence-corrected chi connectivity index (χ2v) is 6.91. The largest absolute Gasteiger partial charge is 0.354 e. The number of aromatic amines is 1. The zero-order valence-electron chi connectivity index (χ0n) is 11.2. The number of nitrogens with zero attached hydrogens (tertiary/aromatic N) is 3. The molecule has 0 aliphatic carbocycles. The van der Waals surface area contributed by atoms with Crippen LogP contribution < -0.4 is 5.32 Å². The molecule has 5 nitrogen and oxygen atoms in total. The Morgan fingerprint density at radius 1 is 1.33 bits per heavy atom. The molecule has 0 aromatic carbocycles. The molecule has 0 spiro atoms. The molecule has 0 unspecified atom stereocenters. The highest BCUT2D eigenvalue weighted by Crippen LogP contribution is 2.34. The highest BCUT2D eigenvalue weighted by Gasteiger charge is 2.18. The van der Waals surface area contributed by atoms with Gasteiger partial charge in [0.2, 0.25) is 5.95 Å². The molecular weight excluding hydrogens is 246 g/mol. The number of nitrogens with one attached hydrogen (secondary N) is 2. The molecule has 0 atom stereocenters. The van der Waals surface area contributed by atoms with Crippen molar-refractivity contribution in [3.05, 3.63) is 6.33 Å². The number of hydrogen-bond donors (Lipinski definition) is 2. The summed E-state index contributed by atoms with van der Waals surface area (Å²) < 4.78 is 0.106. The summed E-state index contributed by atoms with van der Waals surface area (Å²) in [5.74, 6) is 0.656. The van der Waals surface area contributed by atoms with E-state index >= 15 is 0 Å². The van der Waals surface area contributed by atoms with Crippen molar-refractivity contribution in [3.63, 3.8) is 0 Å². The third-order valence-corrected chi connectivity index (χ3v) is 3.29. The highest BCUT2D eigenvalue weighted by molar-refractivity contribution is 8.00. The van der Waals surface area contributed by atoms with E-state index < -0.39 is 0 Å². The average molecular weight is 265 g/mol. The van der Waals surface area contributed by atoms with E-state index in [-0.39, 0.29) is 4.75 Å². The summed E-state index contributed by atoms with van der Waals surface area (Å²) in [5, 5.41) is 4.16. The van der Waals surface area contributed by atoms with Gasteiger partial charge in [-0.25, -0.2) is 9.97 Å². The first kappa shape index (κ1) is 13.1. The van der Waals surface area contributed by atoms with Crippen molar-refractivity contribution in [1.29, 1.82) is 0 Å². The van der Waals surface area contributed by atoms with Crippen molar-refractivity contribution in [2.45, 2.75) is 43.9 Å². The fourth-order valence-electron chi connectivity index (χ4n) is 1.49. The maximum absolute atomic E-state index is 4.57. The third-order valence-electron chi connectivity index (χ3n) is 2.19. The first-order valence-electron chi connectivity index (χ1n) is 6.13. The molecule has 0 saturated heterocycles. The van der Waals surface area contributed by atoms with Crippen molar-refractivity contribution >= 4 is 28.9 Å². The Kier molecular flexibility index (Phi) is 3.75. The Bertz CT molecular complexity index is 529. The summed E-state index contributed by atoms with van der Waals surface area (Å²) in [6, 6.07) is 0. The number of H-pyrrole nitrogens is 1. The number of fused-ring (bicyclic) bond motifs is 1. The van der Waals surface area contributed by atoms with Gasteiger partial charge in [0.1, 0.15) is 10.5 Å². The second kappa shape index (κ2) is 5.14. The van der Waals surface area contributed by atoms with Crippen LogP contribution in [0.15, 0.2) is 11.4 Å². The van der Waals surface area contributed by atoms with E-state index in [9.17, 15) is 0 Å². The van der Waals surface area contributed by atoms with Gasteiger partial charge in [0, 0.05) is 11.3 Å². The van der Waals surface area contributed by atoms with Crippen molar-refractivity contribution in [1.82, 2.24) is 19.9 Å². The molecule has 2 rings (SSSR count). The van der Waals surface area contributed by atoms with Gasteiger partial charge in [-0.05, 0) is 6.42 Å². The average Bonchev–Trinajstić information content (AvgIpc) is 2.72. The molecule has 2 N–H and O–H groups in total. The standard InChI is InChI=1S/C12H19N5S/c1-5-6-13-11-16-9-8(14-7-15-9)10(17-11)18-12(2,3)4/h7H,5-6H2,1-4H3,(H2,13,14,15,16,17). The fraction of sp³-hybridized carbons (Fsp3) is 0.583. The number of aromatic nitrogens is 4. The molecule has 18 heavy (non-hydrogen) atoms. The lowest BCUT2D eigenvalue weighted by molar-refractivity contribution is 0.799. The van der Waals surface area contributed by atoms with Crippen LogP contribution in [0.5, 0.6) is 0 Å². The van der Waals surface area contributed by atoms with Crippen LogP contribution in [0.3, 0.4) is 0 Å². The van der Waals surface area contributed by atoms with E-state index in [2.05, 4.69) is 52.9 Å². The van der Waals surface area contributed by atoms with Crippen LogP contribution in [0.2, 0.25) is 0 Å². The molecule has 6 heteroatoms. The van der Waals surface area contributed by atoms with E-state index in [0.717, 1.165) is 29.2 Å². The van der Waals surface area contributed by atoms with Gasteiger partial charge in [0.25, 0.3) is 0 Å². The van der Waals surface area contributed by atoms with Crippen molar-refractivity contribution in [2.24, 2.45) is 0 Å². The molecule has 0 aliphatic rings. The zero-order chi connectivity index (χ0) is 13.2. The smallest absolute Gasteiger partial charge is 0.225 e. The fourth-order valence-corrected chi connectivity index (χ4v) is 2.45. The predicted octanol–water partition coefficient (Wildman–Crippen LogP) is 3.07. The van der Waals surface area contributed by atoms with Gasteiger partial charge < -0.3 is 10.3 Å². The van der Waals surface area contributed by atoms with Crippen LogP contribution in [-0.2, 0) is 0 Å². The van der Waals surface area contributed by atoms with E-state index in [1.54, 1.807) is 18.1 Å². The summed E-state index contributed by atoms with van der Waals surface area (Å²) >= 11 is 1.72. The molecule has 2 aromatic heterocycles. The lowest BCUT2D eigenvalue weighted by Crippen LogP contribution is -2.10. The Labute approximate surface area is 111 Å². The zero-order valence-corrected chi connectivity index (χ0v) is 12.1. The summed E-state index contributed by atoms with van der Waals surface area (Å²) in [6.45, 7) is 9.49. The number of imidazole rings is 1. The van der Waals surface area contributed by atoms with Crippen LogP contribution in [0.4, 0.5) is 5.95 Å². The first-order chi connectivity index (χ1) is 8.49. The normalized spacial score (nSPS) is 12.0. The van der Waals surface area contributed by atoms with E-state index in [1.807, 2.05) is 0 Å². The summed E-state index contributed by atoms with van der Waals surface area (Å²) in [5.41, 5.74) is 1.63. The molecule has 0 radical (unpaired) electrons. The maximum atomic E-state index is 4.57.